The van der Waals surface area contributed by atoms with Crippen LogP contribution in [0.5, 0.6) is 0 Å². The normalized spacial score (nSPS) is 9.38. The molecule has 0 bridgehead atoms. The van der Waals surface area contributed by atoms with Gasteiger partial charge in [0.05, 0.1) is 0 Å². The first-order valence-electron chi connectivity index (χ1n) is 5.22. The predicted octanol–water partition coefficient (Wildman–Crippen LogP) is 0.908. The Bertz CT molecular complexity index is 382. The van der Waals surface area contributed by atoms with E-state index in [2.05, 4.69) is 68.8 Å². The summed E-state index contributed by atoms with van der Waals surface area (Å²) in [6.45, 7) is 4.21. The van der Waals surface area contributed by atoms with Crippen LogP contribution in [0.4, 0.5) is 0 Å². The fraction of sp³-hybridized carbons (Fsp3) is 0.133. The van der Waals surface area contributed by atoms with Gasteiger partial charge >= 0.3 is 68.9 Å². The number of benzene rings is 2. The van der Waals surface area contributed by atoms with Gasteiger partial charge in [0.25, 0.3) is 0 Å². The van der Waals surface area contributed by atoms with E-state index in [1.807, 2.05) is 0 Å². The summed E-state index contributed by atoms with van der Waals surface area (Å²) in [6.07, 6.45) is 2.19. The third kappa shape index (κ3) is 4.32. The molecule has 0 aliphatic carbocycles. The molecule has 0 heterocycles. The Morgan fingerprint density at radius 1 is 0.625 bits per heavy atom. The Morgan fingerprint density at radius 3 is 1.25 bits per heavy atom. The van der Waals surface area contributed by atoms with E-state index in [0.29, 0.717) is 0 Å². The Morgan fingerprint density at radius 2 is 0.938 bits per heavy atom. The molecular weight excluding hydrogens is 313 g/mol. The van der Waals surface area contributed by atoms with E-state index in [0.717, 1.165) is 0 Å². The first kappa shape index (κ1) is 14.4. The second kappa shape index (κ2) is 6.94. The van der Waals surface area contributed by atoms with Crippen molar-refractivity contribution >= 4 is 0 Å². The standard InChI is InChI=1S/C15H15.Cs/c1-12-3-7-14(8-4-12)11-15-9-5-13(2)6-10-15;/h3-11H,1-2H3;/q-1;+1. The van der Waals surface area contributed by atoms with Gasteiger partial charge in [-0.05, 0) is 13.8 Å². The molecule has 0 spiro atoms. The summed E-state index contributed by atoms with van der Waals surface area (Å²) < 4.78 is 0. The van der Waals surface area contributed by atoms with Crippen LogP contribution in [0.2, 0.25) is 0 Å². The first-order chi connectivity index (χ1) is 7.24. The van der Waals surface area contributed by atoms with E-state index in [1.54, 1.807) is 0 Å². The van der Waals surface area contributed by atoms with Gasteiger partial charge in [-0.15, -0.1) is 41.8 Å². The van der Waals surface area contributed by atoms with Crippen molar-refractivity contribution in [1.29, 1.82) is 0 Å². The molecule has 0 aliphatic heterocycles. The van der Waals surface area contributed by atoms with E-state index in [4.69, 9.17) is 0 Å². The SMILES string of the molecule is Cc1ccc([CH-]c2ccc(C)cc2)cc1.[Cs+]. The number of hydrogen-bond acceptors (Lipinski definition) is 0. The second-order valence-electron chi connectivity index (χ2n) is 3.97. The molecule has 0 radical (unpaired) electrons. The van der Waals surface area contributed by atoms with Gasteiger partial charge in [-0.3, -0.25) is 0 Å². The molecule has 76 valence electrons. The Labute approximate surface area is 157 Å². The molecule has 0 unspecified atom stereocenters. The van der Waals surface area contributed by atoms with Gasteiger partial charge in [0.15, 0.2) is 0 Å². The molecule has 2 aromatic carbocycles. The molecule has 0 fully saturated rings. The van der Waals surface area contributed by atoms with Crippen LogP contribution in [-0.4, -0.2) is 0 Å². The van der Waals surface area contributed by atoms with Crippen molar-refractivity contribution in [2.45, 2.75) is 13.8 Å². The van der Waals surface area contributed by atoms with Crippen LogP contribution >= 0.6 is 0 Å². The summed E-state index contributed by atoms with van der Waals surface area (Å²) in [5, 5.41) is 0. The zero-order valence-corrected chi connectivity index (χ0v) is 16.5. The molecule has 0 amide bonds. The predicted molar refractivity (Wildman–Crippen MR) is 64.9 cm³/mol. The number of hydrogen-bond donors (Lipinski definition) is 0. The van der Waals surface area contributed by atoms with Gasteiger partial charge in [0.2, 0.25) is 0 Å². The van der Waals surface area contributed by atoms with Crippen LogP contribution in [0.25, 0.3) is 0 Å². The summed E-state index contributed by atoms with van der Waals surface area (Å²) in [5.74, 6) is 0. The maximum Gasteiger partial charge on any atom is 1.00 e. The van der Waals surface area contributed by atoms with Crippen molar-refractivity contribution in [3.05, 3.63) is 77.2 Å². The van der Waals surface area contributed by atoms with Crippen molar-refractivity contribution in [2.75, 3.05) is 0 Å². The molecule has 0 atom stereocenters. The summed E-state index contributed by atoms with van der Waals surface area (Å²) >= 11 is 0. The van der Waals surface area contributed by atoms with Crippen molar-refractivity contribution in [3.63, 3.8) is 0 Å². The largest absolute Gasteiger partial charge is 1.00 e. The molecule has 0 nitrogen and oxygen atoms in total. The third-order valence-corrected chi connectivity index (χ3v) is 2.49. The Kier molecular flexibility index (Phi) is 6.26. The zero-order valence-electron chi connectivity index (χ0n) is 10.2. The molecule has 0 aliphatic rings. The molecule has 16 heavy (non-hydrogen) atoms. The quantitative estimate of drug-likeness (QED) is 0.719. The van der Waals surface area contributed by atoms with Gasteiger partial charge < -0.3 is 0 Å². The minimum atomic E-state index is 0. The first-order valence-corrected chi connectivity index (χ1v) is 5.22. The fourth-order valence-corrected chi connectivity index (χ4v) is 1.52. The Hall–Kier alpha value is 0.362. The van der Waals surface area contributed by atoms with Gasteiger partial charge in [-0.1, -0.05) is 35.4 Å². The van der Waals surface area contributed by atoms with Crippen LogP contribution in [-0.2, 0) is 0 Å². The van der Waals surface area contributed by atoms with Crippen LogP contribution < -0.4 is 68.9 Å². The van der Waals surface area contributed by atoms with Gasteiger partial charge in [0, 0.05) is 0 Å². The second-order valence-corrected chi connectivity index (χ2v) is 3.97. The van der Waals surface area contributed by atoms with Crippen molar-refractivity contribution in [1.82, 2.24) is 0 Å². The maximum absolute atomic E-state index is 2.19. The average molecular weight is 328 g/mol. The van der Waals surface area contributed by atoms with Crippen LogP contribution in [0.15, 0.2) is 48.5 Å². The van der Waals surface area contributed by atoms with Crippen LogP contribution in [0.1, 0.15) is 22.3 Å². The molecule has 2 rings (SSSR count). The van der Waals surface area contributed by atoms with Crippen molar-refractivity contribution < 1.29 is 68.9 Å². The van der Waals surface area contributed by atoms with Crippen molar-refractivity contribution in [3.8, 4) is 0 Å². The molecule has 0 aromatic heterocycles. The zero-order chi connectivity index (χ0) is 10.7. The van der Waals surface area contributed by atoms with Gasteiger partial charge in [-0.25, -0.2) is 0 Å². The van der Waals surface area contributed by atoms with Crippen molar-refractivity contribution in [2.24, 2.45) is 0 Å². The van der Waals surface area contributed by atoms with Gasteiger partial charge in [-0.2, -0.15) is 0 Å². The summed E-state index contributed by atoms with van der Waals surface area (Å²) in [4.78, 5) is 0. The van der Waals surface area contributed by atoms with E-state index in [9.17, 15) is 0 Å². The minimum Gasteiger partial charge on any atom is -0.126 e. The fourth-order valence-electron chi connectivity index (χ4n) is 1.52. The van der Waals surface area contributed by atoms with E-state index >= 15 is 0 Å². The molecule has 0 saturated heterocycles. The molecule has 0 N–H and O–H groups in total. The molecule has 1 heteroatoms. The van der Waals surface area contributed by atoms with E-state index < -0.39 is 0 Å². The molecule has 2 aromatic rings. The maximum atomic E-state index is 2.19. The molecular formula is C15H15Cs. The topological polar surface area (TPSA) is 0 Å². The number of rotatable bonds is 2. The minimum absolute atomic E-state index is 0. The van der Waals surface area contributed by atoms with Gasteiger partial charge in [0.1, 0.15) is 0 Å². The monoisotopic (exact) mass is 328 g/mol. The smallest absolute Gasteiger partial charge is 0.126 e. The summed E-state index contributed by atoms with van der Waals surface area (Å²) in [5.41, 5.74) is 5.11. The number of aryl methyl sites for hydroxylation is 2. The van der Waals surface area contributed by atoms with E-state index in [1.165, 1.54) is 22.3 Å². The Balaban J connectivity index is 0.00000128. The molecule has 0 saturated carbocycles. The van der Waals surface area contributed by atoms with E-state index in [-0.39, 0.29) is 68.9 Å². The summed E-state index contributed by atoms with van der Waals surface area (Å²) in [6, 6.07) is 17.1. The van der Waals surface area contributed by atoms with Crippen LogP contribution in [0.3, 0.4) is 0 Å². The third-order valence-electron chi connectivity index (χ3n) is 2.49. The van der Waals surface area contributed by atoms with Crippen LogP contribution in [0, 0.1) is 20.3 Å². The summed E-state index contributed by atoms with van der Waals surface area (Å²) in [7, 11) is 0. The average Bonchev–Trinajstić information content (AvgIpc) is 2.25.